The first kappa shape index (κ1) is 19.7. The normalized spacial score (nSPS) is 13.7. The van der Waals surface area contributed by atoms with Crippen LogP contribution in [0.3, 0.4) is 0 Å². The van der Waals surface area contributed by atoms with Crippen LogP contribution >= 0.6 is 11.6 Å². The number of nitrogens with zero attached hydrogens (tertiary/aromatic N) is 1. The van der Waals surface area contributed by atoms with Gasteiger partial charge in [0.1, 0.15) is 0 Å². The van der Waals surface area contributed by atoms with Crippen molar-refractivity contribution in [3.8, 4) is 0 Å². The largest absolute Gasteiger partial charge is 0.384 e. The standard InChI is InChI=1S/C20H21ClN4O3/c1-12-2-7-16(10-17(12)21)23-18(26)11-28-25-19(22)13-5-8-15(9-6-13)24-20(27)14-3-4-14/h2,5-10,14H,3-4,11H2,1H3,(H2,22,25)(H,23,26)(H,24,27). The van der Waals surface area contributed by atoms with Crippen LogP contribution in [0.4, 0.5) is 11.4 Å². The van der Waals surface area contributed by atoms with E-state index in [9.17, 15) is 9.59 Å². The second kappa shape index (κ2) is 8.75. The van der Waals surface area contributed by atoms with Crippen LogP contribution < -0.4 is 16.4 Å². The Balaban J connectivity index is 1.48. The van der Waals surface area contributed by atoms with Crippen molar-refractivity contribution < 1.29 is 14.4 Å². The Kier molecular flexibility index (Phi) is 6.16. The van der Waals surface area contributed by atoms with Crippen molar-refractivity contribution in [3.05, 3.63) is 58.6 Å². The molecule has 2 aromatic carbocycles. The van der Waals surface area contributed by atoms with Crippen molar-refractivity contribution in [1.82, 2.24) is 0 Å². The average molecular weight is 401 g/mol. The highest BCUT2D eigenvalue weighted by molar-refractivity contribution is 6.31. The molecule has 0 heterocycles. The fourth-order valence-corrected chi connectivity index (χ4v) is 2.58. The third kappa shape index (κ3) is 5.47. The molecule has 0 radical (unpaired) electrons. The maximum absolute atomic E-state index is 11.9. The van der Waals surface area contributed by atoms with Gasteiger partial charge in [-0.3, -0.25) is 9.59 Å². The first-order valence-electron chi connectivity index (χ1n) is 8.85. The van der Waals surface area contributed by atoms with Crippen LogP contribution in [0.15, 0.2) is 47.6 Å². The van der Waals surface area contributed by atoms with Gasteiger partial charge in [-0.2, -0.15) is 0 Å². The van der Waals surface area contributed by atoms with Crippen molar-refractivity contribution >= 4 is 40.6 Å². The van der Waals surface area contributed by atoms with Crippen molar-refractivity contribution in [3.63, 3.8) is 0 Å². The minimum atomic E-state index is -0.380. The summed E-state index contributed by atoms with van der Waals surface area (Å²) in [4.78, 5) is 28.7. The van der Waals surface area contributed by atoms with E-state index < -0.39 is 0 Å². The molecule has 4 N–H and O–H groups in total. The molecule has 1 aliphatic rings. The lowest BCUT2D eigenvalue weighted by Gasteiger charge is -2.07. The summed E-state index contributed by atoms with van der Waals surface area (Å²) in [5, 5.41) is 9.83. The summed E-state index contributed by atoms with van der Waals surface area (Å²) in [6, 6.07) is 12.2. The number of amides is 2. The average Bonchev–Trinajstić information content (AvgIpc) is 3.50. The zero-order chi connectivity index (χ0) is 20.1. The molecule has 1 fully saturated rings. The smallest absolute Gasteiger partial charge is 0.265 e. The van der Waals surface area contributed by atoms with Gasteiger partial charge in [0.15, 0.2) is 12.4 Å². The van der Waals surface area contributed by atoms with Gasteiger partial charge in [0.05, 0.1) is 0 Å². The maximum atomic E-state index is 11.9. The Hall–Kier alpha value is -3.06. The van der Waals surface area contributed by atoms with Crippen LogP contribution in [-0.2, 0) is 14.4 Å². The Morgan fingerprint density at radius 1 is 1.14 bits per heavy atom. The molecule has 2 aromatic rings. The lowest BCUT2D eigenvalue weighted by atomic mass is 10.2. The summed E-state index contributed by atoms with van der Waals surface area (Å²) in [6.45, 7) is 1.59. The van der Waals surface area contributed by atoms with Gasteiger partial charge in [-0.15, -0.1) is 0 Å². The number of hydrogen-bond donors (Lipinski definition) is 3. The number of aryl methyl sites for hydroxylation is 1. The second-order valence-electron chi connectivity index (χ2n) is 6.60. The molecule has 8 heteroatoms. The summed E-state index contributed by atoms with van der Waals surface area (Å²) < 4.78 is 0. The van der Waals surface area contributed by atoms with Gasteiger partial charge in [-0.05, 0) is 61.7 Å². The second-order valence-corrected chi connectivity index (χ2v) is 7.01. The molecule has 0 aliphatic heterocycles. The Morgan fingerprint density at radius 3 is 2.46 bits per heavy atom. The molecule has 1 saturated carbocycles. The third-order valence-corrected chi connectivity index (χ3v) is 4.62. The van der Waals surface area contributed by atoms with E-state index in [-0.39, 0.29) is 30.2 Å². The third-order valence-electron chi connectivity index (χ3n) is 4.21. The number of nitrogens with one attached hydrogen (secondary N) is 2. The van der Waals surface area contributed by atoms with Gasteiger partial charge >= 0.3 is 0 Å². The fraction of sp³-hybridized carbons (Fsp3) is 0.250. The summed E-state index contributed by atoms with van der Waals surface area (Å²) in [5.41, 5.74) is 8.69. The van der Waals surface area contributed by atoms with E-state index in [1.54, 1.807) is 36.4 Å². The topological polar surface area (TPSA) is 106 Å². The molecule has 28 heavy (non-hydrogen) atoms. The number of carbonyl (C=O) groups is 2. The summed E-state index contributed by atoms with van der Waals surface area (Å²) in [6.07, 6.45) is 1.90. The molecule has 2 amide bonds. The quantitative estimate of drug-likeness (QED) is 0.376. The molecule has 3 rings (SSSR count). The number of rotatable bonds is 7. The zero-order valence-corrected chi connectivity index (χ0v) is 16.1. The van der Waals surface area contributed by atoms with Gasteiger partial charge in [-0.1, -0.05) is 22.8 Å². The van der Waals surface area contributed by atoms with Crippen molar-refractivity contribution in [2.75, 3.05) is 17.2 Å². The van der Waals surface area contributed by atoms with Crippen LogP contribution in [0.25, 0.3) is 0 Å². The van der Waals surface area contributed by atoms with Gasteiger partial charge in [0.25, 0.3) is 5.91 Å². The number of nitrogens with two attached hydrogens (primary N) is 1. The Morgan fingerprint density at radius 2 is 1.82 bits per heavy atom. The van der Waals surface area contributed by atoms with Crippen LogP contribution in [-0.4, -0.2) is 24.3 Å². The number of oxime groups is 1. The van der Waals surface area contributed by atoms with Crippen molar-refractivity contribution in [2.45, 2.75) is 19.8 Å². The molecule has 0 atom stereocenters. The predicted molar refractivity (Wildman–Crippen MR) is 109 cm³/mol. The fourth-order valence-electron chi connectivity index (χ4n) is 2.39. The summed E-state index contributed by atoms with van der Waals surface area (Å²) in [5.74, 6) is -0.0683. The molecular formula is C20H21ClN4O3. The number of anilines is 2. The van der Waals surface area contributed by atoms with Gasteiger partial charge < -0.3 is 21.2 Å². The number of halogens is 1. The monoisotopic (exact) mass is 400 g/mol. The van der Waals surface area contributed by atoms with Gasteiger partial charge in [-0.25, -0.2) is 0 Å². The number of carbonyl (C=O) groups excluding carboxylic acids is 2. The van der Waals surface area contributed by atoms with E-state index in [4.69, 9.17) is 22.2 Å². The Labute approximate surface area is 167 Å². The maximum Gasteiger partial charge on any atom is 0.265 e. The molecule has 1 aliphatic carbocycles. The summed E-state index contributed by atoms with van der Waals surface area (Å²) >= 11 is 6.02. The minimum absolute atomic E-state index is 0.0404. The van der Waals surface area contributed by atoms with E-state index in [1.807, 2.05) is 13.0 Å². The molecule has 0 bridgehead atoms. The van der Waals surface area contributed by atoms with Gasteiger partial charge in [0, 0.05) is 27.9 Å². The van der Waals surface area contributed by atoms with E-state index in [2.05, 4.69) is 15.8 Å². The van der Waals surface area contributed by atoms with E-state index in [1.165, 1.54) is 0 Å². The van der Waals surface area contributed by atoms with E-state index in [0.717, 1.165) is 18.4 Å². The van der Waals surface area contributed by atoms with Crippen LogP contribution in [0.1, 0.15) is 24.0 Å². The molecule has 0 spiro atoms. The zero-order valence-electron chi connectivity index (χ0n) is 15.4. The highest BCUT2D eigenvalue weighted by Crippen LogP contribution is 2.30. The number of amidine groups is 1. The molecule has 0 unspecified atom stereocenters. The van der Waals surface area contributed by atoms with Crippen LogP contribution in [0, 0.1) is 12.8 Å². The summed E-state index contributed by atoms with van der Waals surface area (Å²) in [7, 11) is 0. The van der Waals surface area contributed by atoms with Crippen molar-refractivity contribution in [2.24, 2.45) is 16.8 Å². The molecule has 0 aromatic heterocycles. The molecule has 0 saturated heterocycles. The van der Waals surface area contributed by atoms with Gasteiger partial charge in [0.2, 0.25) is 5.91 Å². The molecular weight excluding hydrogens is 380 g/mol. The lowest BCUT2D eigenvalue weighted by molar-refractivity contribution is -0.120. The van der Waals surface area contributed by atoms with E-state index >= 15 is 0 Å². The lowest BCUT2D eigenvalue weighted by Crippen LogP contribution is -2.19. The Bertz CT molecular complexity index is 908. The van der Waals surface area contributed by atoms with Crippen molar-refractivity contribution in [1.29, 1.82) is 0 Å². The minimum Gasteiger partial charge on any atom is -0.384 e. The molecule has 146 valence electrons. The van der Waals surface area contributed by atoms with Crippen LogP contribution in [0.2, 0.25) is 5.02 Å². The number of hydrogen-bond acceptors (Lipinski definition) is 4. The first-order valence-corrected chi connectivity index (χ1v) is 9.23. The molecule has 7 nitrogen and oxygen atoms in total. The van der Waals surface area contributed by atoms with E-state index in [0.29, 0.717) is 22.0 Å². The van der Waals surface area contributed by atoms with Crippen LogP contribution in [0.5, 0.6) is 0 Å². The highest BCUT2D eigenvalue weighted by atomic mass is 35.5. The predicted octanol–water partition coefficient (Wildman–Crippen LogP) is 3.27. The number of benzene rings is 2. The highest BCUT2D eigenvalue weighted by Gasteiger charge is 2.29. The first-order chi connectivity index (χ1) is 13.4. The SMILES string of the molecule is Cc1ccc(NC(=O)CON=C(N)c2ccc(NC(=O)C3CC3)cc2)cc1Cl.